The van der Waals surface area contributed by atoms with Crippen molar-refractivity contribution in [2.24, 2.45) is 0 Å². The van der Waals surface area contributed by atoms with E-state index in [0.717, 1.165) is 24.0 Å². The summed E-state index contributed by atoms with van der Waals surface area (Å²) >= 11 is 0. The molecule has 0 aromatic heterocycles. The zero-order valence-electron chi connectivity index (χ0n) is 12.6. The Bertz CT molecular complexity index is 886. The molecule has 0 aliphatic heterocycles. The number of nitro groups is 2. The highest BCUT2D eigenvalue weighted by Crippen LogP contribution is 2.41. The second-order valence-corrected chi connectivity index (χ2v) is 7.01. The molecule has 2 rings (SSSR count). The molecule has 0 unspecified atom stereocenters. The topological polar surface area (TPSA) is 130 Å². The fourth-order valence-corrected chi connectivity index (χ4v) is 2.54. The molecule has 0 atom stereocenters. The largest absolute Gasteiger partial charge is 0.444 e. The smallest absolute Gasteiger partial charge is 0.320 e. The first-order chi connectivity index (χ1) is 11.1. The van der Waals surface area contributed by atoms with Gasteiger partial charge in [0.05, 0.1) is 14.7 Å². The summed E-state index contributed by atoms with van der Waals surface area (Å²) in [6, 6.07) is 7.80. The number of hydrogen-bond acceptors (Lipinski definition) is 7. The molecular weight excluding hydrogens is 340 g/mol. The van der Waals surface area contributed by atoms with Crippen molar-refractivity contribution in [3.63, 3.8) is 0 Å². The SMILES string of the molecule is Cc1ccc(Oc2c([N+](=O)[O-])cc(S(C)(=O)=O)cc2[N+](=O)[O-])cc1. The molecule has 0 aliphatic carbocycles. The quantitative estimate of drug-likeness (QED) is 0.597. The molecule has 10 heteroatoms. The number of sulfone groups is 1. The number of nitrogens with zero attached hydrogens (tertiary/aromatic N) is 2. The lowest BCUT2D eigenvalue weighted by Crippen LogP contribution is -2.04. The Balaban J connectivity index is 2.70. The Morgan fingerprint density at radius 3 is 1.79 bits per heavy atom. The second-order valence-electron chi connectivity index (χ2n) is 4.99. The van der Waals surface area contributed by atoms with Crippen molar-refractivity contribution in [2.45, 2.75) is 11.8 Å². The first-order valence-corrected chi connectivity index (χ1v) is 8.40. The average molecular weight is 352 g/mol. The van der Waals surface area contributed by atoms with E-state index >= 15 is 0 Å². The first kappa shape index (κ1) is 17.3. The maximum Gasteiger partial charge on any atom is 0.320 e. The zero-order valence-corrected chi connectivity index (χ0v) is 13.4. The van der Waals surface area contributed by atoms with Crippen molar-refractivity contribution in [3.05, 3.63) is 62.2 Å². The highest BCUT2D eigenvalue weighted by molar-refractivity contribution is 7.90. The number of benzene rings is 2. The highest BCUT2D eigenvalue weighted by Gasteiger charge is 2.31. The van der Waals surface area contributed by atoms with Gasteiger partial charge in [0.1, 0.15) is 5.75 Å². The molecule has 0 aliphatic rings. The van der Waals surface area contributed by atoms with Crippen LogP contribution in [0.15, 0.2) is 41.3 Å². The van der Waals surface area contributed by atoms with E-state index in [9.17, 15) is 28.6 Å². The monoisotopic (exact) mass is 352 g/mol. The summed E-state index contributed by atoms with van der Waals surface area (Å²) in [6.07, 6.45) is 0.802. The van der Waals surface area contributed by atoms with Crippen molar-refractivity contribution >= 4 is 21.2 Å². The van der Waals surface area contributed by atoms with Gasteiger partial charge < -0.3 is 4.74 Å². The summed E-state index contributed by atoms with van der Waals surface area (Å²) in [5.74, 6) is -0.472. The number of nitro benzene ring substituents is 2. The summed E-state index contributed by atoms with van der Waals surface area (Å²) in [5.41, 5.74) is -0.700. The van der Waals surface area contributed by atoms with Crippen LogP contribution in [0, 0.1) is 27.2 Å². The Labute approximate surface area is 136 Å². The van der Waals surface area contributed by atoms with Crippen LogP contribution in [0.4, 0.5) is 11.4 Å². The molecular formula is C14H12N2O7S. The van der Waals surface area contributed by atoms with Crippen LogP contribution in [-0.2, 0) is 9.84 Å². The lowest BCUT2D eigenvalue weighted by Gasteiger charge is -2.08. The molecule has 0 amide bonds. The second kappa shape index (κ2) is 6.24. The molecule has 0 fully saturated rings. The Morgan fingerprint density at radius 2 is 1.42 bits per heavy atom. The van der Waals surface area contributed by atoms with Gasteiger partial charge in [-0.3, -0.25) is 20.2 Å². The van der Waals surface area contributed by atoms with E-state index in [-0.39, 0.29) is 5.75 Å². The molecule has 24 heavy (non-hydrogen) atoms. The van der Waals surface area contributed by atoms with E-state index in [2.05, 4.69) is 0 Å². The van der Waals surface area contributed by atoms with E-state index in [4.69, 9.17) is 4.74 Å². The van der Waals surface area contributed by atoms with E-state index in [1.807, 2.05) is 6.92 Å². The number of aryl methyl sites for hydroxylation is 1. The average Bonchev–Trinajstić information content (AvgIpc) is 2.48. The standard InChI is InChI=1S/C14H12N2O7S/c1-9-3-5-10(6-4-9)23-14-12(15(17)18)7-11(24(2,21)22)8-13(14)16(19)20/h3-8H,1-2H3. The van der Waals surface area contributed by atoms with Crippen LogP contribution in [0.25, 0.3) is 0 Å². The summed E-state index contributed by atoms with van der Waals surface area (Å²) in [4.78, 5) is 20.1. The lowest BCUT2D eigenvalue weighted by molar-refractivity contribution is -0.396. The van der Waals surface area contributed by atoms with Gasteiger partial charge in [-0.25, -0.2) is 8.42 Å². The summed E-state index contributed by atoms with van der Waals surface area (Å²) < 4.78 is 28.5. The normalized spacial score (nSPS) is 11.1. The molecule has 0 saturated carbocycles. The molecule has 0 saturated heterocycles. The van der Waals surface area contributed by atoms with Crippen LogP contribution in [0.1, 0.15) is 5.56 Å². The Kier molecular flexibility index (Phi) is 4.51. The summed E-state index contributed by atoms with van der Waals surface area (Å²) in [5, 5.41) is 22.5. The number of ether oxygens (including phenoxy) is 1. The van der Waals surface area contributed by atoms with Crippen LogP contribution in [-0.4, -0.2) is 24.5 Å². The predicted octanol–water partition coefficient (Wildman–Crippen LogP) is 3.01. The van der Waals surface area contributed by atoms with Crippen LogP contribution < -0.4 is 4.74 Å². The molecule has 9 nitrogen and oxygen atoms in total. The fourth-order valence-electron chi connectivity index (χ4n) is 1.89. The van der Waals surface area contributed by atoms with E-state index < -0.39 is 41.7 Å². The predicted molar refractivity (Wildman–Crippen MR) is 84.1 cm³/mol. The van der Waals surface area contributed by atoms with E-state index in [1.165, 1.54) is 12.1 Å². The Morgan fingerprint density at radius 1 is 0.958 bits per heavy atom. The van der Waals surface area contributed by atoms with Crippen molar-refractivity contribution in [2.75, 3.05) is 6.26 Å². The van der Waals surface area contributed by atoms with Crippen molar-refractivity contribution in [1.29, 1.82) is 0 Å². The van der Waals surface area contributed by atoms with E-state index in [0.29, 0.717) is 0 Å². The lowest BCUT2D eigenvalue weighted by atomic mass is 10.2. The molecule has 0 radical (unpaired) electrons. The fraction of sp³-hybridized carbons (Fsp3) is 0.143. The van der Waals surface area contributed by atoms with Gasteiger partial charge in [-0.1, -0.05) is 17.7 Å². The van der Waals surface area contributed by atoms with Gasteiger partial charge in [-0.15, -0.1) is 0 Å². The van der Waals surface area contributed by atoms with Gasteiger partial charge in [0, 0.05) is 18.4 Å². The van der Waals surface area contributed by atoms with Gasteiger partial charge in [0.15, 0.2) is 9.84 Å². The maximum absolute atomic E-state index is 11.6. The molecule has 126 valence electrons. The minimum Gasteiger partial charge on any atom is -0.444 e. The van der Waals surface area contributed by atoms with Crippen LogP contribution in [0.3, 0.4) is 0 Å². The molecule has 0 spiro atoms. The minimum absolute atomic E-state index is 0.152. The summed E-state index contributed by atoms with van der Waals surface area (Å²) in [7, 11) is -3.87. The third-order valence-electron chi connectivity index (χ3n) is 3.09. The van der Waals surface area contributed by atoms with E-state index in [1.54, 1.807) is 12.1 Å². The van der Waals surface area contributed by atoms with Gasteiger partial charge in [-0.05, 0) is 19.1 Å². The highest BCUT2D eigenvalue weighted by atomic mass is 32.2. The maximum atomic E-state index is 11.6. The Hall–Kier alpha value is -3.01. The molecule has 0 heterocycles. The molecule has 0 N–H and O–H groups in total. The third kappa shape index (κ3) is 3.66. The van der Waals surface area contributed by atoms with Crippen LogP contribution in [0.2, 0.25) is 0 Å². The van der Waals surface area contributed by atoms with Crippen LogP contribution >= 0.6 is 0 Å². The molecule has 2 aromatic carbocycles. The molecule has 0 bridgehead atoms. The zero-order chi connectivity index (χ0) is 18.1. The van der Waals surface area contributed by atoms with Crippen molar-refractivity contribution in [3.8, 4) is 11.5 Å². The van der Waals surface area contributed by atoms with Crippen molar-refractivity contribution in [1.82, 2.24) is 0 Å². The van der Waals surface area contributed by atoms with Gasteiger partial charge >= 0.3 is 11.4 Å². The van der Waals surface area contributed by atoms with Gasteiger partial charge in [0.25, 0.3) is 5.75 Å². The first-order valence-electron chi connectivity index (χ1n) is 6.51. The molecule has 2 aromatic rings. The van der Waals surface area contributed by atoms with Gasteiger partial charge in [0.2, 0.25) is 0 Å². The van der Waals surface area contributed by atoms with Crippen LogP contribution in [0.5, 0.6) is 11.5 Å². The number of hydrogen-bond donors (Lipinski definition) is 0. The van der Waals surface area contributed by atoms with Crippen molar-refractivity contribution < 1.29 is 23.0 Å². The minimum atomic E-state index is -3.87. The number of rotatable bonds is 5. The summed E-state index contributed by atoms with van der Waals surface area (Å²) in [6.45, 7) is 1.82. The van der Waals surface area contributed by atoms with Gasteiger partial charge in [-0.2, -0.15) is 0 Å². The third-order valence-corrected chi connectivity index (χ3v) is 4.18.